The lowest BCUT2D eigenvalue weighted by Crippen LogP contribution is -2.15. The fraction of sp³-hybridized carbons (Fsp3) is 0.333. The van der Waals surface area contributed by atoms with E-state index in [-0.39, 0.29) is 6.04 Å². The van der Waals surface area contributed by atoms with E-state index in [1.807, 2.05) is 26.8 Å². The van der Waals surface area contributed by atoms with Crippen LogP contribution in [0.2, 0.25) is 5.02 Å². The van der Waals surface area contributed by atoms with Gasteiger partial charge in [0, 0.05) is 16.1 Å². The van der Waals surface area contributed by atoms with Crippen LogP contribution in [0, 0.1) is 20.8 Å². The van der Waals surface area contributed by atoms with E-state index in [2.05, 4.69) is 15.9 Å². The van der Waals surface area contributed by atoms with E-state index < -0.39 is 0 Å². The maximum Gasteiger partial charge on any atom is 0.138 e. The second kappa shape index (κ2) is 5.80. The van der Waals surface area contributed by atoms with E-state index in [1.54, 1.807) is 13.2 Å². The van der Waals surface area contributed by atoms with Gasteiger partial charge in [0.05, 0.1) is 17.6 Å². The van der Waals surface area contributed by atoms with Crippen molar-refractivity contribution in [3.05, 3.63) is 49.8 Å². The molecule has 1 aromatic heterocycles. The zero-order valence-corrected chi connectivity index (χ0v) is 14.2. The molecule has 20 heavy (non-hydrogen) atoms. The highest BCUT2D eigenvalue weighted by Crippen LogP contribution is 2.39. The van der Waals surface area contributed by atoms with Crippen LogP contribution in [-0.4, -0.2) is 7.11 Å². The van der Waals surface area contributed by atoms with Gasteiger partial charge in [0.2, 0.25) is 0 Å². The number of benzene rings is 1. The largest absolute Gasteiger partial charge is 0.495 e. The first-order valence-electron chi connectivity index (χ1n) is 6.21. The molecule has 2 N–H and O–H groups in total. The molecule has 5 heteroatoms. The normalized spacial score (nSPS) is 12.6. The van der Waals surface area contributed by atoms with E-state index in [4.69, 9.17) is 26.5 Å². The van der Waals surface area contributed by atoms with Crippen molar-refractivity contribution in [2.75, 3.05) is 7.11 Å². The van der Waals surface area contributed by atoms with Crippen LogP contribution in [0.3, 0.4) is 0 Å². The van der Waals surface area contributed by atoms with Gasteiger partial charge in [-0.25, -0.2) is 0 Å². The molecule has 0 bridgehead atoms. The monoisotopic (exact) mass is 357 g/mol. The van der Waals surface area contributed by atoms with Crippen molar-refractivity contribution in [2.45, 2.75) is 26.8 Å². The van der Waals surface area contributed by atoms with Crippen LogP contribution in [-0.2, 0) is 0 Å². The number of halogens is 2. The maximum atomic E-state index is 6.43. The fourth-order valence-electron chi connectivity index (χ4n) is 2.45. The van der Waals surface area contributed by atoms with Crippen molar-refractivity contribution in [1.29, 1.82) is 0 Å². The fourth-order valence-corrected chi connectivity index (χ4v) is 3.45. The highest BCUT2D eigenvalue weighted by Gasteiger charge is 2.23. The first-order chi connectivity index (χ1) is 9.36. The van der Waals surface area contributed by atoms with Crippen molar-refractivity contribution >= 4 is 27.5 Å². The standard InChI is InChI=1S/C15H17BrClNO2/c1-7-8(2)20-9(3)13(7)14(18)11-5-10(17)6-12(16)15(11)19-4/h5-6,14H,18H2,1-4H3. The Morgan fingerprint density at radius 3 is 2.40 bits per heavy atom. The number of ether oxygens (including phenoxy) is 1. The van der Waals surface area contributed by atoms with Gasteiger partial charge in [-0.1, -0.05) is 11.6 Å². The topological polar surface area (TPSA) is 48.4 Å². The molecule has 0 saturated carbocycles. The highest BCUT2D eigenvalue weighted by molar-refractivity contribution is 9.10. The summed E-state index contributed by atoms with van der Waals surface area (Å²) in [7, 11) is 1.62. The molecule has 0 aliphatic carbocycles. The van der Waals surface area contributed by atoms with Crippen LogP contribution in [0.5, 0.6) is 5.75 Å². The lowest BCUT2D eigenvalue weighted by atomic mass is 9.95. The summed E-state index contributed by atoms with van der Waals surface area (Å²) in [6, 6.07) is 3.27. The zero-order valence-electron chi connectivity index (χ0n) is 11.9. The summed E-state index contributed by atoms with van der Waals surface area (Å²) < 4.78 is 11.9. The summed E-state index contributed by atoms with van der Waals surface area (Å²) in [4.78, 5) is 0. The number of rotatable bonds is 3. The van der Waals surface area contributed by atoms with Crippen LogP contribution in [0.1, 0.15) is 34.3 Å². The molecule has 1 atom stereocenters. The Morgan fingerprint density at radius 2 is 1.90 bits per heavy atom. The van der Waals surface area contributed by atoms with E-state index in [9.17, 15) is 0 Å². The molecule has 1 unspecified atom stereocenters. The Morgan fingerprint density at radius 1 is 1.25 bits per heavy atom. The summed E-state index contributed by atoms with van der Waals surface area (Å²) >= 11 is 9.58. The van der Waals surface area contributed by atoms with Crippen LogP contribution < -0.4 is 10.5 Å². The number of nitrogens with two attached hydrogens (primary N) is 1. The third kappa shape index (κ3) is 2.60. The van der Waals surface area contributed by atoms with E-state index in [0.29, 0.717) is 10.8 Å². The minimum atomic E-state index is -0.350. The van der Waals surface area contributed by atoms with Gasteiger partial charge in [-0.05, 0) is 54.4 Å². The van der Waals surface area contributed by atoms with Gasteiger partial charge in [0.15, 0.2) is 0 Å². The number of methoxy groups -OCH3 is 1. The second-order valence-electron chi connectivity index (χ2n) is 4.74. The van der Waals surface area contributed by atoms with Crippen molar-refractivity contribution in [2.24, 2.45) is 5.73 Å². The third-order valence-electron chi connectivity index (χ3n) is 3.50. The molecule has 108 valence electrons. The van der Waals surface area contributed by atoms with Crippen molar-refractivity contribution in [1.82, 2.24) is 0 Å². The first-order valence-corrected chi connectivity index (χ1v) is 7.38. The van der Waals surface area contributed by atoms with Gasteiger partial charge in [0.1, 0.15) is 17.3 Å². The van der Waals surface area contributed by atoms with Crippen LogP contribution >= 0.6 is 27.5 Å². The van der Waals surface area contributed by atoms with Gasteiger partial charge in [-0.15, -0.1) is 0 Å². The number of furan rings is 1. The predicted octanol–water partition coefficient (Wildman–Crippen LogP) is 4.68. The minimum Gasteiger partial charge on any atom is -0.495 e. The van der Waals surface area contributed by atoms with Gasteiger partial charge < -0.3 is 14.9 Å². The Bertz CT molecular complexity index is 652. The molecular formula is C15H17BrClNO2. The van der Waals surface area contributed by atoms with Crippen molar-refractivity contribution in [3.63, 3.8) is 0 Å². The van der Waals surface area contributed by atoms with Crippen molar-refractivity contribution < 1.29 is 9.15 Å². The third-order valence-corrected chi connectivity index (χ3v) is 4.31. The van der Waals surface area contributed by atoms with Crippen LogP contribution in [0.15, 0.2) is 21.0 Å². The molecule has 0 aliphatic heterocycles. The SMILES string of the molecule is COc1c(Br)cc(Cl)cc1C(N)c1c(C)oc(C)c1C. The van der Waals surface area contributed by atoms with E-state index in [0.717, 1.165) is 32.7 Å². The molecule has 2 aromatic rings. The summed E-state index contributed by atoms with van der Waals surface area (Å²) in [5.74, 6) is 2.40. The summed E-state index contributed by atoms with van der Waals surface area (Å²) in [5.41, 5.74) is 9.30. The molecule has 0 fully saturated rings. The summed E-state index contributed by atoms with van der Waals surface area (Å²) in [5, 5.41) is 0.610. The summed E-state index contributed by atoms with van der Waals surface area (Å²) in [6.45, 7) is 5.86. The van der Waals surface area contributed by atoms with Crippen LogP contribution in [0.4, 0.5) is 0 Å². The molecule has 1 heterocycles. The molecule has 0 aliphatic rings. The van der Waals surface area contributed by atoms with Gasteiger partial charge >= 0.3 is 0 Å². The summed E-state index contributed by atoms with van der Waals surface area (Å²) in [6.07, 6.45) is 0. The Hall–Kier alpha value is -0.970. The second-order valence-corrected chi connectivity index (χ2v) is 6.03. The average molecular weight is 359 g/mol. The molecule has 0 radical (unpaired) electrons. The van der Waals surface area contributed by atoms with Crippen molar-refractivity contribution in [3.8, 4) is 5.75 Å². The molecule has 0 spiro atoms. The molecule has 0 saturated heterocycles. The smallest absolute Gasteiger partial charge is 0.138 e. The Balaban J connectivity index is 2.61. The van der Waals surface area contributed by atoms with Gasteiger partial charge in [0.25, 0.3) is 0 Å². The number of hydrogen-bond acceptors (Lipinski definition) is 3. The highest BCUT2D eigenvalue weighted by atomic mass is 79.9. The molecule has 1 aromatic carbocycles. The van der Waals surface area contributed by atoms with Crippen LogP contribution in [0.25, 0.3) is 0 Å². The lowest BCUT2D eigenvalue weighted by Gasteiger charge is -2.18. The van der Waals surface area contributed by atoms with Gasteiger partial charge in [-0.2, -0.15) is 0 Å². The van der Waals surface area contributed by atoms with E-state index in [1.165, 1.54) is 0 Å². The molecular weight excluding hydrogens is 342 g/mol. The average Bonchev–Trinajstić information content (AvgIpc) is 2.61. The Labute approximate surface area is 132 Å². The predicted molar refractivity (Wildman–Crippen MR) is 84.7 cm³/mol. The molecule has 3 nitrogen and oxygen atoms in total. The quantitative estimate of drug-likeness (QED) is 0.867. The molecule has 0 amide bonds. The first kappa shape index (κ1) is 15.4. The zero-order chi connectivity index (χ0) is 15.0. The Kier molecular flexibility index (Phi) is 4.47. The molecule has 2 rings (SSSR count). The van der Waals surface area contributed by atoms with E-state index >= 15 is 0 Å². The number of aryl methyl sites for hydroxylation is 2. The lowest BCUT2D eigenvalue weighted by molar-refractivity contribution is 0.405. The minimum absolute atomic E-state index is 0.350. The van der Waals surface area contributed by atoms with Gasteiger partial charge in [-0.3, -0.25) is 0 Å². The number of hydrogen-bond donors (Lipinski definition) is 1. The maximum absolute atomic E-state index is 6.43.